The minimum Gasteiger partial charge on any atom is -0.326 e. The van der Waals surface area contributed by atoms with Gasteiger partial charge in [-0.25, -0.2) is 4.98 Å². The molecule has 40 heavy (non-hydrogen) atoms. The number of amides is 2. The molecule has 2 amide bonds. The third kappa shape index (κ3) is 6.43. The summed E-state index contributed by atoms with van der Waals surface area (Å²) >= 11 is 1.46. The molecule has 0 radical (unpaired) electrons. The van der Waals surface area contributed by atoms with Crippen molar-refractivity contribution in [2.45, 2.75) is 64.0 Å². The van der Waals surface area contributed by atoms with Crippen LogP contribution in [0.15, 0.2) is 72.8 Å². The zero-order chi connectivity index (χ0) is 27.3. The van der Waals surface area contributed by atoms with Crippen molar-refractivity contribution in [3.63, 3.8) is 0 Å². The Morgan fingerprint density at radius 3 is 2.30 bits per heavy atom. The third-order valence-electron chi connectivity index (χ3n) is 8.31. The molecule has 3 N–H and O–H groups in total. The monoisotopic (exact) mass is 552 g/mol. The highest BCUT2D eigenvalue weighted by Gasteiger charge is 2.27. The molecule has 6 nitrogen and oxygen atoms in total. The maximum absolute atomic E-state index is 13.2. The van der Waals surface area contributed by atoms with Gasteiger partial charge in [-0.05, 0) is 67.0 Å². The number of anilines is 2. The summed E-state index contributed by atoms with van der Waals surface area (Å²) < 4.78 is 0.959. The number of nitrogens with one attached hydrogen (secondary N) is 3. The van der Waals surface area contributed by atoms with Gasteiger partial charge < -0.3 is 16.0 Å². The molecular formula is C33H36N4O2S. The summed E-state index contributed by atoms with van der Waals surface area (Å²) in [7, 11) is 0. The van der Waals surface area contributed by atoms with Gasteiger partial charge in [-0.2, -0.15) is 0 Å². The van der Waals surface area contributed by atoms with Crippen molar-refractivity contribution in [2.75, 3.05) is 10.6 Å². The van der Waals surface area contributed by atoms with Crippen molar-refractivity contribution in [3.05, 3.63) is 78.4 Å². The average Bonchev–Trinajstić information content (AvgIpc) is 3.67. The Morgan fingerprint density at radius 1 is 0.775 bits per heavy atom. The van der Waals surface area contributed by atoms with Crippen molar-refractivity contribution in [3.8, 4) is 11.1 Å². The lowest BCUT2D eigenvalue weighted by Gasteiger charge is -2.29. The minimum atomic E-state index is -0.00914. The molecule has 0 saturated heterocycles. The summed E-state index contributed by atoms with van der Waals surface area (Å²) in [5, 5.41) is 10.5. The number of hydrogen-bond acceptors (Lipinski definition) is 5. The van der Waals surface area contributed by atoms with Crippen LogP contribution in [0.25, 0.3) is 21.3 Å². The molecule has 206 valence electrons. The normalized spacial score (nSPS) is 19.5. The maximum Gasteiger partial charge on any atom is 0.229 e. The van der Waals surface area contributed by atoms with Crippen molar-refractivity contribution in [2.24, 2.45) is 11.8 Å². The van der Waals surface area contributed by atoms with E-state index in [0.717, 1.165) is 73.8 Å². The summed E-state index contributed by atoms with van der Waals surface area (Å²) in [6.07, 6.45) is 8.07. The van der Waals surface area contributed by atoms with Crippen LogP contribution < -0.4 is 16.0 Å². The van der Waals surface area contributed by atoms with Crippen LogP contribution in [0.2, 0.25) is 0 Å². The van der Waals surface area contributed by atoms with E-state index in [1.54, 1.807) is 0 Å². The molecule has 0 aliphatic heterocycles. The maximum atomic E-state index is 13.2. The molecule has 4 aromatic rings. The summed E-state index contributed by atoms with van der Waals surface area (Å²) in [5.41, 5.74) is 5.32. The van der Waals surface area contributed by atoms with E-state index in [4.69, 9.17) is 0 Å². The van der Waals surface area contributed by atoms with Gasteiger partial charge in [-0.15, -0.1) is 0 Å². The molecule has 0 unspecified atom stereocenters. The van der Waals surface area contributed by atoms with Gasteiger partial charge in [0.15, 0.2) is 5.13 Å². The fourth-order valence-corrected chi connectivity index (χ4v) is 6.92. The first-order chi connectivity index (χ1) is 19.6. The Kier molecular flexibility index (Phi) is 8.21. The van der Waals surface area contributed by atoms with E-state index in [2.05, 4.69) is 69.5 Å². The van der Waals surface area contributed by atoms with Crippen LogP contribution >= 0.6 is 11.3 Å². The number of carbonyl (C=O) groups is 2. The second kappa shape index (κ2) is 12.3. The molecule has 1 aromatic heterocycles. The molecule has 0 spiro atoms. The lowest BCUT2D eigenvalue weighted by molar-refractivity contribution is -0.121. The van der Waals surface area contributed by atoms with Gasteiger partial charge in [0.25, 0.3) is 0 Å². The highest BCUT2D eigenvalue weighted by molar-refractivity contribution is 7.22. The number of nitrogens with zero attached hydrogens (tertiary/aromatic N) is 1. The van der Waals surface area contributed by atoms with Crippen LogP contribution in [0.3, 0.4) is 0 Å². The van der Waals surface area contributed by atoms with Crippen molar-refractivity contribution < 1.29 is 9.59 Å². The number of benzene rings is 3. The van der Waals surface area contributed by atoms with Crippen molar-refractivity contribution >= 4 is 44.2 Å². The molecular weight excluding hydrogens is 516 g/mol. The van der Waals surface area contributed by atoms with Gasteiger partial charge in [-0.1, -0.05) is 85.2 Å². The fraction of sp³-hybridized carbons (Fsp3) is 0.364. The highest BCUT2D eigenvalue weighted by atomic mass is 32.1. The Hall–Kier alpha value is -3.55. The van der Waals surface area contributed by atoms with Crippen LogP contribution in [0, 0.1) is 11.8 Å². The van der Waals surface area contributed by atoms with Gasteiger partial charge in [0, 0.05) is 30.1 Å². The zero-order valence-corrected chi connectivity index (χ0v) is 23.5. The topological polar surface area (TPSA) is 83.1 Å². The number of fused-ring (bicyclic) bond motifs is 1. The molecule has 6 rings (SSSR count). The molecule has 2 aliphatic rings. The van der Waals surface area contributed by atoms with Crippen LogP contribution in [-0.2, 0) is 16.1 Å². The van der Waals surface area contributed by atoms with E-state index in [-0.39, 0.29) is 23.7 Å². The predicted molar refractivity (Wildman–Crippen MR) is 163 cm³/mol. The first kappa shape index (κ1) is 26.7. The largest absolute Gasteiger partial charge is 0.326 e. The summed E-state index contributed by atoms with van der Waals surface area (Å²) in [6.45, 7) is 0.801. The van der Waals surface area contributed by atoms with Gasteiger partial charge in [0.05, 0.1) is 10.2 Å². The van der Waals surface area contributed by atoms with Gasteiger partial charge in [-0.3, -0.25) is 9.59 Å². The van der Waals surface area contributed by atoms with E-state index in [0.29, 0.717) is 11.2 Å². The predicted octanol–water partition coefficient (Wildman–Crippen LogP) is 7.38. The molecule has 2 fully saturated rings. The summed E-state index contributed by atoms with van der Waals surface area (Å²) in [5.74, 6) is 0.257. The second-order valence-electron chi connectivity index (χ2n) is 11.2. The van der Waals surface area contributed by atoms with E-state index in [1.807, 2.05) is 24.3 Å². The molecule has 3 aromatic carbocycles. The van der Waals surface area contributed by atoms with Crippen LogP contribution in [0.1, 0.15) is 56.9 Å². The lowest BCUT2D eigenvalue weighted by atomic mass is 9.85. The molecule has 2 atom stereocenters. The number of hydrogen-bond donors (Lipinski definition) is 3. The number of carbonyl (C=O) groups excluding carboxylic acids is 2. The second-order valence-corrected chi connectivity index (χ2v) is 12.2. The van der Waals surface area contributed by atoms with E-state index in [9.17, 15) is 9.59 Å². The standard InChI is InChI=1S/C33H36N4O2S/c38-31(25-9-4-5-10-25)37-33-36-29-18-17-28(20-30(29)40-33)35-32(39)26-11-6-12-27(19-26)34-21-22-13-15-24(16-14-22)23-7-2-1-3-8-23/h1-3,7-8,13-18,20,25-27,34H,4-6,9-12,19,21H2,(H,35,39)(H,36,37,38)/t26-,27-/m1/s1. The summed E-state index contributed by atoms with van der Waals surface area (Å²) in [6, 6.07) is 25.3. The number of thiazole rings is 1. The van der Waals surface area contributed by atoms with Crippen LogP contribution in [-0.4, -0.2) is 22.8 Å². The molecule has 0 bridgehead atoms. The van der Waals surface area contributed by atoms with Crippen LogP contribution in [0.5, 0.6) is 0 Å². The van der Waals surface area contributed by atoms with E-state index in [1.165, 1.54) is 28.0 Å². The Bertz CT molecular complexity index is 1460. The molecule has 2 saturated carbocycles. The van der Waals surface area contributed by atoms with E-state index >= 15 is 0 Å². The average molecular weight is 553 g/mol. The Morgan fingerprint density at radius 2 is 1.50 bits per heavy atom. The molecule has 2 aliphatic carbocycles. The molecule has 7 heteroatoms. The third-order valence-corrected chi connectivity index (χ3v) is 9.25. The SMILES string of the molecule is O=C(Nc1nc2ccc(NC(=O)[C@@H]3CCC[C@@H](NCc4ccc(-c5ccccc5)cc4)C3)cc2s1)C1CCCC1. The quantitative estimate of drug-likeness (QED) is 0.213. The number of aromatic nitrogens is 1. The van der Waals surface area contributed by atoms with Crippen LogP contribution in [0.4, 0.5) is 10.8 Å². The first-order valence-electron chi connectivity index (χ1n) is 14.5. The Balaban J connectivity index is 1.01. The fourth-order valence-electron chi connectivity index (χ4n) is 6.02. The lowest BCUT2D eigenvalue weighted by Crippen LogP contribution is -2.37. The molecule has 1 heterocycles. The van der Waals surface area contributed by atoms with Crippen molar-refractivity contribution in [1.29, 1.82) is 0 Å². The zero-order valence-electron chi connectivity index (χ0n) is 22.7. The smallest absolute Gasteiger partial charge is 0.229 e. The Labute approximate surface area is 239 Å². The van der Waals surface area contributed by atoms with Crippen molar-refractivity contribution in [1.82, 2.24) is 10.3 Å². The first-order valence-corrected chi connectivity index (χ1v) is 15.3. The van der Waals surface area contributed by atoms with Gasteiger partial charge in [0.2, 0.25) is 11.8 Å². The van der Waals surface area contributed by atoms with Gasteiger partial charge in [0.1, 0.15) is 0 Å². The summed E-state index contributed by atoms with van der Waals surface area (Å²) in [4.78, 5) is 30.3. The van der Waals surface area contributed by atoms with Gasteiger partial charge >= 0.3 is 0 Å². The minimum absolute atomic E-state index is 0.00914. The number of rotatable bonds is 8. The van der Waals surface area contributed by atoms with E-state index < -0.39 is 0 Å². The highest BCUT2D eigenvalue weighted by Crippen LogP contribution is 2.32.